The summed E-state index contributed by atoms with van der Waals surface area (Å²) in [6.07, 6.45) is 0. The zero-order chi connectivity index (χ0) is 14.8. The fourth-order valence-electron chi connectivity index (χ4n) is 1.91. The molecule has 0 aliphatic heterocycles. The third-order valence-electron chi connectivity index (χ3n) is 2.99. The minimum Gasteiger partial charge on any atom is -0.489 e. The molecule has 1 radical (unpaired) electrons. The minimum atomic E-state index is -0.423. The van der Waals surface area contributed by atoms with Crippen molar-refractivity contribution in [1.82, 2.24) is 0 Å². The van der Waals surface area contributed by atoms with Crippen molar-refractivity contribution in [1.29, 1.82) is 0 Å². The topological polar surface area (TPSA) is 9.23 Å². The molecule has 0 amide bonds. The van der Waals surface area contributed by atoms with Gasteiger partial charge in [-0.2, -0.15) is 0 Å². The molecular weight excluding hydrogens is 319 g/mol. The predicted octanol–water partition coefficient (Wildman–Crippen LogP) is 5.28. The second-order valence-electron chi connectivity index (χ2n) is 5.42. The second-order valence-corrected chi connectivity index (χ2v) is 6.27. The number of hydrogen-bond acceptors (Lipinski definition) is 1. The van der Waals surface area contributed by atoms with Crippen molar-refractivity contribution in [2.75, 3.05) is 0 Å². The molecule has 0 unspecified atom stereocenters. The first-order valence-corrected chi connectivity index (χ1v) is 7.19. The Morgan fingerprint density at radius 3 is 2.45 bits per heavy atom. The molecule has 0 heterocycles. The van der Waals surface area contributed by atoms with Crippen LogP contribution in [0.2, 0.25) is 0 Å². The summed E-state index contributed by atoms with van der Waals surface area (Å²) in [6, 6.07) is 13.0. The van der Waals surface area contributed by atoms with E-state index in [0.717, 1.165) is 11.1 Å². The molecule has 20 heavy (non-hydrogen) atoms. The van der Waals surface area contributed by atoms with E-state index in [1.807, 2.05) is 44.2 Å². The first kappa shape index (κ1) is 15.0. The lowest BCUT2D eigenvalue weighted by Crippen LogP contribution is -2.14. The van der Waals surface area contributed by atoms with Crippen LogP contribution in [-0.4, -0.2) is 0 Å². The molecule has 0 fully saturated rings. The van der Waals surface area contributed by atoms with Crippen molar-refractivity contribution in [2.45, 2.75) is 25.9 Å². The third-order valence-corrected chi connectivity index (χ3v) is 3.60. The van der Waals surface area contributed by atoms with Gasteiger partial charge in [-0.25, -0.2) is 4.39 Å². The Balaban J connectivity index is 2.28. The lowest BCUT2D eigenvalue weighted by atomic mass is 9.86. The first-order valence-electron chi connectivity index (χ1n) is 6.39. The molecule has 0 atom stereocenters. The highest BCUT2D eigenvalue weighted by Gasteiger charge is 2.21. The van der Waals surface area contributed by atoms with E-state index in [4.69, 9.17) is 4.74 Å². The number of benzene rings is 2. The lowest BCUT2D eigenvalue weighted by molar-refractivity contribution is 0.298. The number of ether oxygens (including phenoxy) is 1. The van der Waals surface area contributed by atoms with Crippen LogP contribution in [0.15, 0.2) is 46.9 Å². The predicted molar refractivity (Wildman–Crippen MR) is 83.3 cm³/mol. The first-order chi connectivity index (χ1) is 9.38. The number of hydrogen-bond donors (Lipinski definition) is 0. The molecule has 0 spiro atoms. The van der Waals surface area contributed by atoms with E-state index in [9.17, 15) is 4.39 Å². The SMILES string of the molecule is [CH2]C(C)(C)c1cc(F)c(Br)cc1OCc1ccccc1. The van der Waals surface area contributed by atoms with Crippen LogP contribution in [0.1, 0.15) is 25.0 Å². The van der Waals surface area contributed by atoms with Gasteiger partial charge in [0.2, 0.25) is 0 Å². The number of rotatable bonds is 4. The van der Waals surface area contributed by atoms with Gasteiger partial charge in [0.25, 0.3) is 0 Å². The van der Waals surface area contributed by atoms with Gasteiger partial charge in [0.1, 0.15) is 18.2 Å². The second kappa shape index (κ2) is 5.96. The zero-order valence-electron chi connectivity index (χ0n) is 11.6. The van der Waals surface area contributed by atoms with Crippen LogP contribution in [0.5, 0.6) is 5.75 Å². The maximum Gasteiger partial charge on any atom is 0.137 e. The van der Waals surface area contributed by atoms with Gasteiger partial charge in [-0.3, -0.25) is 0 Å². The lowest BCUT2D eigenvalue weighted by Gasteiger charge is -2.23. The van der Waals surface area contributed by atoms with Crippen molar-refractivity contribution < 1.29 is 9.13 Å². The van der Waals surface area contributed by atoms with Crippen LogP contribution in [0.4, 0.5) is 4.39 Å². The molecule has 0 aromatic heterocycles. The van der Waals surface area contributed by atoms with Gasteiger partial charge >= 0.3 is 0 Å². The molecule has 105 valence electrons. The summed E-state index contributed by atoms with van der Waals surface area (Å²) in [5.74, 6) is 0.353. The molecule has 3 heteroatoms. The standard InChI is InChI=1S/C17H17BrFO/c1-17(2,3)13-9-15(19)14(18)10-16(13)20-11-12-7-5-4-6-8-12/h4-10H,1,11H2,2-3H3. The Morgan fingerprint density at radius 2 is 1.85 bits per heavy atom. The average molecular weight is 336 g/mol. The Labute approximate surface area is 127 Å². The normalized spacial score (nSPS) is 11.4. The van der Waals surface area contributed by atoms with Crippen LogP contribution in [0.25, 0.3) is 0 Å². The summed E-state index contributed by atoms with van der Waals surface area (Å²) in [5.41, 5.74) is 1.41. The van der Waals surface area contributed by atoms with Gasteiger partial charge in [-0.05, 0) is 46.0 Å². The Morgan fingerprint density at radius 1 is 1.20 bits per heavy atom. The Bertz CT molecular complexity index is 588. The van der Waals surface area contributed by atoms with Gasteiger partial charge in [-0.1, -0.05) is 44.2 Å². The highest BCUT2D eigenvalue weighted by molar-refractivity contribution is 9.10. The summed E-state index contributed by atoms with van der Waals surface area (Å²) < 4.78 is 20.0. The van der Waals surface area contributed by atoms with Gasteiger partial charge < -0.3 is 4.74 Å². The van der Waals surface area contributed by atoms with Crippen molar-refractivity contribution in [2.24, 2.45) is 0 Å². The zero-order valence-corrected chi connectivity index (χ0v) is 13.2. The highest BCUT2D eigenvalue weighted by Crippen LogP contribution is 2.35. The smallest absolute Gasteiger partial charge is 0.137 e. The van der Waals surface area contributed by atoms with E-state index in [-0.39, 0.29) is 5.82 Å². The average Bonchev–Trinajstić information content (AvgIpc) is 2.39. The molecule has 0 saturated carbocycles. The van der Waals surface area contributed by atoms with Crippen molar-refractivity contribution >= 4 is 15.9 Å². The largest absolute Gasteiger partial charge is 0.489 e. The molecule has 0 aliphatic carbocycles. The fraction of sp³-hybridized carbons (Fsp3) is 0.235. The van der Waals surface area contributed by atoms with E-state index in [1.54, 1.807) is 6.07 Å². The monoisotopic (exact) mass is 335 g/mol. The van der Waals surface area contributed by atoms with Crippen molar-refractivity contribution in [3.63, 3.8) is 0 Å². The van der Waals surface area contributed by atoms with Gasteiger partial charge in [0.15, 0.2) is 0 Å². The molecule has 0 bridgehead atoms. The van der Waals surface area contributed by atoms with E-state index >= 15 is 0 Å². The van der Waals surface area contributed by atoms with Gasteiger partial charge in [0.05, 0.1) is 4.47 Å². The van der Waals surface area contributed by atoms with Gasteiger partial charge in [0, 0.05) is 5.56 Å². The molecular formula is C17H17BrFO. The fourth-order valence-corrected chi connectivity index (χ4v) is 2.23. The summed E-state index contributed by atoms with van der Waals surface area (Å²) >= 11 is 3.20. The molecule has 2 rings (SSSR count). The van der Waals surface area contributed by atoms with E-state index in [2.05, 4.69) is 22.9 Å². The van der Waals surface area contributed by atoms with E-state index in [0.29, 0.717) is 16.8 Å². The van der Waals surface area contributed by atoms with Crippen LogP contribution in [0, 0.1) is 12.7 Å². The van der Waals surface area contributed by atoms with Crippen LogP contribution in [0.3, 0.4) is 0 Å². The minimum absolute atomic E-state index is 0.302. The summed E-state index contributed by atoms with van der Waals surface area (Å²) in [5, 5.41) is 0. The maximum atomic E-state index is 13.7. The van der Waals surface area contributed by atoms with Crippen LogP contribution in [-0.2, 0) is 12.0 Å². The Hall–Kier alpha value is -1.35. The quantitative estimate of drug-likeness (QED) is 0.738. The summed E-state index contributed by atoms with van der Waals surface area (Å²) in [4.78, 5) is 0. The third kappa shape index (κ3) is 3.60. The Kier molecular flexibility index (Phi) is 4.48. The molecule has 0 N–H and O–H groups in total. The van der Waals surface area contributed by atoms with Gasteiger partial charge in [-0.15, -0.1) is 0 Å². The molecule has 0 saturated heterocycles. The summed E-state index contributed by atoms with van der Waals surface area (Å²) in [6.45, 7) is 8.38. The van der Waals surface area contributed by atoms with Crippen LogP contribution >= 0.6 is 15.9 Å². The molecule has 2 aromatic rings. The number of halogens is 2. The van der Waals surface area contributed by atoms with Crippen LogP contribution < -0.4 is 4.74 Å². The molecule has 2 aromatic carbocycles. The summed E-state index contributed by atoms with van der Waals surface area (Å²) in [7, 11) is 0. The van der Waals surface area contributed by atoms with E-state index in [1.165, 1.54) is 6.07 Å². The van der Waals surface area contributed by atoms with Crippen molar-refractivity contribution in [3.05, 3.63) is 70.8 Å². The molecule has 0 aliphatic rings. The molecule has 1 nitrogen and oxygen atoms in total. The highest BCUT2D eigenvalue weighted by atomic mass is 79.9. The van der Waals surface area contributed by atoms with Crippen molar-refractivity contribution in [3.8, 4) is 5.75 Å². The maximum absolute atomic E-state index is 13.7. The van der Waals surface area contributed by atoms with E-state index < -0.39 is 5.41 Å².